The average Bonchev–Trinajstić information content (AvgIpc) is 3.18. The molecule has 1 aliphatic rings. The highest BCUT2D eigenvalue weighted by Crippen LogP contribution is 2.37. The summed E-state index contributed by atoms with van der Waals surface area (Å²) in [5, 5.41) is 4.55. The van der Waals surface area contributed by atoms with Crippen LogP contribution >= 0.6 is 0 Å². The third-order valence-corrected chi connectivity index (χ3v) is 8.34. The monoisotopic (exact) mass is 508 g/mol. The predicted octanol–water partition coefficient (Wildman–Crippen LogP) is 7.57. The average molecular weight is 508 g/mol. The molecule has 1 fully saturated rings. The molecule has 1 aliphatic heterocycles. The van der Waals surface area contributed by atoms with Gasteiger partial charge in [-0.05, 0) is 73.3 Å². The highest BCUT2D eigenvalue weighted by molar-refractivity contribution is 6.62. The van der Waals surface area contributed by atoms with E-state index >= 15 is 0 Å². The summed E-state index contributed by atoms with van der Waals surface area (Å²) in [5.74, 6) is 0. The normalized spacial score (nSPS) is 16.4. The van der Waals surface area contributed by atoms with Crippen molar-refractivity contribution in [2.45, 2.75) is 38.9 Å². The lowest BCUT2D eigenvalue weighted by Gasteiger charge is -2.32. The van der Waals surface area contributed by atoms with Crippen molar-refractivity contribution >= 4 is 45.2 Å². The Labute approximate surface area is 228 Å². The number of benzene rings is 4. The van der Waals surface area contributed by atoms with E-state index in [0.29, 0.717) is 0 Å². The standard InChI is InChI=1S/C34H29BN2O2/c1-33(2)34(3,4)39-35(38-33)29-17-15-23-9-14-27(20-28(23)21-29)22-7-10-24(11-8-22)30-18-16-26-13-12-25-6-5-19-36-31(25)32(26)37-30/h5-21H,1-4H3. The first-order chi connectivity index (χ1) is 18.8. The van der Waals surface area contributed by atoms with E-state index in [2.05, 4.69) is 124 Å². The van der Waals surface area contributed by atoms with Crippen LogP contribution in [-0.4, -0.2) is 28.3 Å². The van der Waals surface area contributed by atoms with Crippen LogP contribution in [0.1, 0.15) is 27.7 Å². The van der Waals surface area contributed by atoms with Gasteiger partial charge in [0.2, 0.25) is 0 Å². The van der Waals surface area contributed by atoms with E-state index in [1.54, 1.807) is 0 Å². The van der Waals surface area contributed by atoms with Crippen molar-refractivity contribution in [2.24, 2.45) is 0 Å². The molecule has 4 aromatic carbocycles. The number of hydrogen-bond acceptors (Lipinski definition) is 4. The zero-order valence-electron chi connectivity index (χ0n) is 22.6. The second-order valence-electron chi connectivity index (χ2n) is 11.4. The molecule has 5 heteroatoms. The fourth-order valence-corrected chi connectivity index (χ4v) is 5.29. The minimum atomic E-state index is -0.371. The van der Waals surface area contributed by atoms with E-state index in [1.807, 2.05) is 12.3 Å². The van der Waals surface area contributed by atoms with Gasteiger partial charge in [0.15, 0.2) is 0 Å². The van der Waals surface area contributed by atoms with Gasteiger partial charge in [-0.1, -0.05) is 78.9 Å². The first kappa shape index (κ1) is 24.0. The van der Waals surface area contributed by atoms with Gasteiger partial charge in [-0.2, -0.15) is 0 Å². The first-order valence-electron chi connectivity index (χ1n) is 13.4. The third kappa shape index (κ3) is 4.10. The van der Waals surface area contributed by atoms with Crippen LogP contribution in [0.15, 0.2) is 103 Å². The number of aromatic nitrogens is 2. The Morgan fingerprint density at radius 2 is 1.18 bits per heavy atom. The predicted molar refractivity (Wildman–Crippen MR) is 161 cm³/mol. The van der Waals surface area contributed by atoms with Gasteiger partial charge in [0.1, 0.15) is 0 Å². The summed E-state index contributed by atoms with van der Waals surface area (Å²) in [6.07, 6.45) is 1.83. The molecule has 0 saturated carbocycles. The summed E-state index contributed by atoms with van der Waals surface area (Å²) < 4.78 is 12.6. The molecular formula is C34H29BN2O2. The molecule has 0 N–H and O–H groups in total. The van der Waals surface area contributed by atoms with Crippen LogP contribution in [0.25, 0.3) is 55.0 Å². The van der Waals surface area contributed by atoms with E-state index in [1.165, 1.54) is 16.3 Å². The van der Waals surface area contributed by atoms with Crippen LogP contribution in [0.3, 0.4) is 0 Å². The van der Waals surface area contributed by atoms with Crippen LogP contribution in [0, 0.1) is 0 Å². The molecule has 2 aromatic heterocycles. The van der Waals surface area contributed by atoms with Crippen LogP contribution in [0.4, 0.5) is 0 Å². The van der Waals surface area contributed by atoms with E-state index in [-0.39, 0.29) is 18.3 Å². The van der Waals surface area contributed by atoms with Crippen LogP contribution in [-0.2, 0) is 9.31 Å². The largest absolute Gasteiger partial charge is 0.494 e. The number of pyridine rings is 2. The minimum Gasteiger partial charge on any atom is -0.399 e. The molecule has 3 heterocycles. The van der Waals surface area contributed by atoms with Crippen molar-refractivity contribution in [2.75, 3.05) is 0 Å². The Morgan fingerprint density at radius 1 is 0.564 bits per heavy atom. The topological polar surface area (TPSA) is 44.2 Å². The van der Waals surface area contributed by atoms with Crippen molar-refractivity contribution in [1.29, 1.82) is 0 Å². The molecule has 0 aliphatic carbocycles. The van der Waals surface area contributed by atoms with Crippen molar-refractivity contribution < 1.29 is 9.31 Å². The Kier molecular flexibility index (Phi) is 5.38. The molecule has 4 nitrogen and oxygen atoms in total. The van der Waals surface area contributed by atoms with Crippen molar-refractivity contribution in [3.63, 3.8) is 0 Å². The van der Waals surface area contributed by atoms with Crippen LogP contribution in [0.2, 0.25) is 0 Å². The second-order valence-corrected chi connectivity index (χ2v) is 11.4. The Bertz CT molecular complexity index is 1860. The lowest BCUT2D eigenvalue weighted by Crippen LogP contribution is -2.41. The maximum Gasteiger partial charge on any atom is 0.494 e. The fourth-order valence-electron chi connectivity index (χ4n) is 5.29. The number of hydrogen-bond donors (Lipinski definition) is 0. The van der Waals surface area contributed by atoms with Crippen LogP contribution < -0.4 is 5.46 Å². The van der Waals surface area contributed by atoms with E-state index < -0.39 is 0 Å². The van der Waals surface area contributed by atoms with Gasteiger partial charge in [0, 0.05) is 22.5 Å². The molecule has 0 bridgehead atoms. The third-order valence-electron chi connectivity index (χ3n) is 8.34. The van der Waals surface area contributed by atoms with Gasteiger partial charge in [-0.3, -0.25) is 4.98 Å². The maximum atomic E-state index is 6.29. The van der Waals surface area contributed by atoms with Gasteiger partial charge in [0.25, 0.3) is 0 Å². The molecular weight excluding hydrogens is 479 g/mol. The van der Waals surface area contributed by atoms with Crippen molar-refractivity contribution in [3.8, 4) is 22.4 Å². The van der Waals surface area contributed by atoms with Gasteiger partial charge in [-0.15, -0.1) is 0 Å². The van der Waals surface area contributed by atoms with Gasteiger partial charge >= 0.3 is 7.12 Å². The fraction of sp³-hybridized carbons (Fsp3) is 0.176. The maximum absolute atomic E-state index is 6.29. The summed E-state index contributed by atoms with van der Waals surface area (Å²) in [4.78, 5) is 9.59. The Balaban J connectivity index is 1.21. The first-order valence-corrected chi connectivity index (χ1v) is 13.4. The summed E-state index contributed by atoms with van der Waals surface area (Å²) >= 11 is 0. The van der Waals surface area contributed by atoms with E-state index in [4.69, 9.17) is 14.3 Å². The molecule has 0 spiro atoms. The highest BCUT2D eigenvalue weighted by Gasteiger charge is 2.51. The zero-order valence-corrected chi connectivity index (χ0v) is 22.6. The molecule has 1 saturated heterocycles. The summed E-state index contributed by atoms with van der Waals surface area (Å²) in [6.45, 7) is 8.34. The molecule has 7 rings (SSSR count). The summed E-state index contributed by atoms with van der Waals surface area (Å²) in [5.41, 5.74) is 6.54. The molecule has 0 radical (unpaired) electrons. The lowest BCUT2D eigenvalue weighted by molar-refractivity contribution is 0.00578. The van der Waals surface area contributed by atoms with Crippen molar-refractivity contribution in [3.05, 3.63) is 103 Å². The number of fused-ring (bicyclic) bond motifs is 4. The molecule has 0 atom stereocenters. The molecule has 190 valence electrons. The van der Waals surface area contributed by atoms with E-state index in [9.17, 15) is 0 Å². The van der Waals surface area contributed by atoms with E-state index in [0.717, 1.165) is 44.1 Å². The Hall–Kier alpha value is -4.06. The van der Waals surface area contributed by atoms with Crippen molar-refractivity contribution in [1.82, 2.24) is 9.97 Å². The molecule has 0 amide bonds. The summed E-state index contributed by atoms with van der Waals surface area (Å²) in [6, 6.07) is 34.1. The zero-order chi connectivity index (χ0) is 26.8. The van der Waals surface area contributed by atoms with Gasteiger partial charge in [-0.25, -0.2) is 4.98 Å². The quantitative estimate of drug-likeness (QED) is 0.183. The number of nitrogens with zero attached hydrogens (tertiary/aromatic N) is 2. The second kappa shape index (κ2) is 8.73. The number of rotatable bonds is 3. The minimum absolute atomic E-state index is 0.361. The smallest absolute Gasteiger partial charge is 0.399 e. The highest BCUT2D eigenvalue weighted by atomic mass is 16.7. The molecule has 39 heavy (non-hydrogen) atoms. The Morgan fingerprint density at radius 3 is 1.95 bits per heavy atom. The lowest BCUT2D eigenvalue weighted by atomic mass is 9.78. The molecule has 0 unspecified atom stereocenters. The summed E-state index contributed by atoms with van der Waals surface area (Å²) in [7, 11) is -0.371. The van der Waals surface area contributed by atoms with Gasteiger partial charge in [0.05, 0.1) is 27.9 Å². The van der Waals surface area contributed by atoms with Crippen LogP contribution in [0.5, 0.6) is 0 Å². The SMILES string of the molecule is CC1(C)OB(c2ccc3ccc(-c4ccc(-c5ccc6ccc7cccnc7c6n5)cc4)cc3c2)OC1(C)C. The molecule has 6 aromatic rings. The van der Waals surface area contributed by atoms with Gasteiger partial charge < -0.3 is 9.31 Å².